The molecule has 0 saturated heterocycles. The van der Waals surface area contributed by atoms with E-state index in [9.17, 15) is 4.79 Å². The molecule has 0 bridgehead atoms. The summed E-state index contributed by atoms with van der Waals surface area (Å²) in [5, 5.41) is 9.40. The number of carboxylic acids is 1. The maximum atomic E-state index is 10.7. The van der Waals surface area contributed by atoms with Gasteiger partial charge in [-0.3, -0.25) is 4.79 Å². The molecule has 2 rings (SSSR count). The standard InChI is InChI=1S/C12H14ClNO2/c13-8-4-7-2-1-3-9(7)10(5-8)11(14)6-12(15)16/h4-5,11H,1-3,6,14H2,(H,15,16). The van der Waals surface area contributed by atoms with E-state index in [0.29, 0.717) is 5.02 Å². The monoisotopic (exact) mass is 239 g/mol. The molecule has 0 saturated carbocycles. The molecule has 3 N–H and O–H groups in total. The first-order chi connectivity index (χ1) is 7.58. The lowest BCUT2D eigenvalue weighted by Crippen LogP contribution is -2.16. The van der Waals surface area contributed by atoms with E-state index in [1.807, 2.05) is 6.07 Å². The Labute approximate surface area is 99.2 Å². The predicted octanol–water partition coefficient (Wildman–Crippen LogP) is 2.30. The highest BCUT2D eigenvalue weighted by Crippen LogP contribution is 2.32. The molecule has 0 aromatic heterocycles. The molecule has 0 aliphatic heterocycles. The summed E-state index contributed by atoms with van der Waals surface area (Å²) in [6, 6.07) is 3.31. The van der Waals surface area contributed by atoms with Crippen LogP contribution in [0.1, 0.15) is 35.6 Å². The van der Waals surface area contributed by atoms with E-state index in [0.717, 1.165) is 24.8 Å². The van der Waals surface area contributed by atoms with Gasteiger partial charge in [0, 0.05) is 11.1 Å². The average molecular weight is 240 g/mol. The number of carboxylic acid groups (broad SMARTS) is 1. The normalized spacial score (nSPS) is 15.9. The number of nitrogens with two attached hydrogens (primary N) is 1. The zero-order valence-electron chi connectivity index (χ0n) is 8.87. The van der Waals surface area contributed by atoms with Crippen molar-refractivity contribution in [3.8, 4) is 0 Å². The summed E-state index contributed by atoms with van der Waals surface area (Å²) in [6.45, 7) is 0. The summed E-state index contributed by atoms with van der Waals surface area (Å²) in [6.07, 6.45) is 3.05. The Kier molecular flexibility index (Phi) is 3.17. The van der Waals surface area contributed by atoms with Crippen molar-refractivity contribution in [1.82, 2.24) is 0 Å². The van der Waals surface area contributed by atoms with E-state index in [4.69, 9.17) is 22.4 Å². The molecule has 0 radical (unpaired) electrons. The van der Waals surface area contributed by atoms with Crippen molar-refractivity contribution in [2.75, 3.05) is 0 Å². The van der Waals surface area contributed by atoms with E-state index < -0.39 is 12.0 Å². The van der Waals surface area contributed by atoms with Crippen LogP contribution in [0.3, 0.4) is 0 Å². The van der Waals surface area contributed by atoms with Crippen LogP contribution in [0.25, 0.3) is 0 Å². The second kappa shape index (κ2) is 4.44. The van der Waals surface area contributed by atoms with Crippen LogP contribution in [0.4, 0.5) is 0 Å². The SMILES string of the molecule is NC(CC(=O)O)c1cc(Cl)cc2c1CCC2. The first kappa shape index (κ1) is 11.4. The number of halogens is 1. The molecule has 1 aromatic rings. The minimum Gasteiger partial charge on any atom is -0.481 e. The maximum absolute atomic E-state index is 10.7. The van der Waals surface area contributed by atoms with Crippen molar-refractivity contribution < 1.29 is 9.90 Å². The molecule has 16 heavy (non-hydrogen) atoms. The van der Waals surface area contributed by atoms with Crippen molar-refractivity contribution >= 4 is 17.6 Å². The third-order valence-corrected chi connectivity index (χ3v) is 3.23. The second-order valence-electron chi connectivity index (χ2n) is 4.19. The lowest BCUT2D eigenvalue weighted by Gasteiger charge is -2.15. The lowest BCUT2D eigenvalue weighted by molar-refractivity contribution is -0.137. The molecule has 1 unspecified atom stereocenters. The maximum Gasteiger partial charge on any atom is 0.305 e. The van der Waals surface area contributed by atoms with E-state index in [1.165, 1.54) is 11.1 Å². The molecule has 3 nitrogen and oxygen atoms in total. The van der Waals surface area contributed by atoms with Crippen LogP contribution >= 0.6 is 11.6 Å². The number of benzene rings is 1. The molecule has 0 spiro atoms. The molecule has 0 heterocycles. The quantitative estimate of drug-likeness (QED) is 0.851. The molecule has 1 aromatic carbocycles. The summed E-state index contributed by atoms with van der Waals surface area (Å²) in [5.41, 5.74) is 9.24. The zero-order valence-corrected chi connectivity index (χ0v) is 9.63. The van der Waals surface area contributed by atoms with Crippen LogP contribution in [-0.4, -0.2) is 11.1 Å². The highest BCUT2D eigenvalue weighted by molar-refractivity contribution is 6.30. The van der Waals surface area contributed by atoms with Gasteiger partial charge in [-0.05, 0) is 48.1 Å². The fourth-order valence-electron chi connectivity index (χ4n) is 2.33. The Morgan fingerprint density at radius 3 is 2.94 bits per heavy atom. The Morgan fingerprint density at radius 2 is 2.25 bits per heavy atom. The first-order valence-electron chi connectivity index (χ1n) is 5.36. The van der Waals surface area contributed by atoms with Gasteiger partial charge < -0.3 is 10.8 Å². The Morgan fingerprint density at radius 1 is 1.50 bits per heavy atom. The molecular formula is C12H14ClNO2. The fraction of sp³-hybridized carbons (Fsp3) is 0.417. The van der Waals surface area contributed by atoms with Crippen LogP contribution in [0.5, 0.6) is 0 Å². The van der Waals surface area contributed by atoms with Crippen molar-refractivity contribution in [3.63, 3.8) is 0 Å². The van der Waals surface area contributed by atoms with Crippen LogP contribution in [0.15, 0.2) is 12.1 Å². The van der Waals surface area contributed by atoms with Gasteiger partial charge in [0.2, 0.25) is 0 Å². The van der Waals surface area contributed by atoms with Crippen LogP contribution in [-0.2, 0) is 17.6 Å². The Balaban J connectivity index is 2.36. The van der Waals surface area contributed by atoms with E-state index in [-0.39, 0.29) is 6.42 Å². The van der Waals surface area contributed by atoms with E-state index in [2.05, 4.69) is 0 Å². The van der Waals surface area contributed by atoms with Crippen LogP contribution < -0.4 is 5.73 Å². The first-order valence-corrected chi connectivity index (χ1v) is 5.74. The van der Waals surface area contributed by atoms with Gasteiger partial charge in [0.1, 0.15) is 0 Å². The van der Waals surface area contributed by atoms with Gasteiger partial charge in [0.15, 0.2) is 0 Å². The fourth-order valence-corrected chi connectivity index (χ4v) is 2.58. The zero-order chi connectivity index (χ0) is 11.7. The predicted molar refractivity (Wildman–Crippen MR) is 62.7 cm³/mol. The largest absolute Gasteiger partial charge is 0.481 e. The summed E-state index contributed by atoms with van der Waals surface area (Å²) < 4.78 is 0. The summed E-state index contributed by atoms with van der Waals surface area (Å²) >= 11 is 6.01. The van der Waals surface area contributed by atoms with Gasteiger partial charge in [0.25, 0.3) is 0 Å². The highest BCUT2D eigenvalue weighted by Gasteiger charge is 2.21. The van der Waals surface area contributed by atoms with Gasteiger partial charge in [-0.25, -0.2) is 0 Å². The van der Waals surface area contributed by atoms with Crippen molar-refractivity contribution in [1.29, 1.82) is 0 Å². The molecule has 0 amide bonds. The number of aliphatic carboxylic acids is 1. The molecule has 86 valence electrons. The third kappa shape index (κ3) is 2.20. The molecule has 0 fully saturated rings. The molecule has 1 aliphatic carbocycles. The number of aryl methyl sites for hydroxylation is 1. The topological polar surface area (TPSA) is 63.3 Å². The molecule has 1 aliphatic rings. The number of hydrogen-bond acceptors (Lipinski definition) is 2. The van der Waals surface area contributed by atoms with Crippen molar-refractivity contribution in [2.24, 2.45) is 5.73 Å². The molecule has 4 heteroatoms. The number of carbonyl (C=O) groups is 1. The van der Waals surface area contributed by atoms with Gasteiger partial charge in [-0.1, -0.05) is 11.6 Å². The van der Waals surface area contributed by atoms with Gasteiger partial charge in [0.05, 0.1) is 6.42 Å². The number of fused-ring (bicyclic) bond motifs is 1. The second-order valence-corrected chi connectivity index (χ2v) is 4.63. The minimum atomic E-state index is -0.876. The van der Waals surface area contributed by atoms with Gasteiger partial charge in [-0.15, -0.1) is 0 Å². The van der Waals surface area contributed by atoms with Crippen LogP contribution in [0.2, 0.25) is 5.02 Å². The summed E-state index contributed by atoms with van der Waals surface area (Å²) in [4.78, 5) is 10.7. The molecule has 1 atom stereocenters. The Bertz CT molecular complexity index is 431. The lowest BCUT2D eigenvalue weighted by atomic mass is 9.96. The van der Waals surface area contributed by atoms with Gasteiger partial charge >= 0.3 is 5.97 Å². The van der Waals surface area contributed by atoms with Crippen molar-refractivity contribution in [2.45, 2.75) is 31.7 Å². The van der Waals surface area contributed by atoms with E-state index >= 15 is 0 Å². The van der Waals surface area contributed by atoms with Crippen molar-refractivity contribution in [3.05, 3.63) is 33.8 Å². The molecular weight excluding hydrogens is 226 g/mol. The number of rotatable bonds is 3. The Hall–Kier alpha value is -1.06. The third-order valence-electron chi connectivity index (χ3n) is 3.01. The smallest absolute Gasteiger partial charge is 0.305 e. The van der Waals surface area contributed by atoms with Gasteiger partial charge in [-0.2, -0.15) is 0 Å². The summed E-state index contributed by atoms with van der Waals surface area (Å²) in [7, 11) is 0. The van der Waals surface area contributed by atoms with E-state index in [1.54, 1.807) is 6.07 Å². The highest BCUT2D eigenvalue weighted by atomic mass is 35.5. The minimum absolute atomic E-state index is 0.0488. The average Bonchev–Trinajstić information content (AvgIpc) is 2.62. The summed E-state index contributed by atoms with van der Waals surface area (Å²) in [5.74, 6) is -0.876. The number of hydrogen-bond donors (Lipinski definition) is 2. The van der Waals surface area contributed by atoms with Crippen LogP contribution in [0, 0.1) is 0 Å².